The van der Waals surface area contributed by atoms with E-state index in [-0.39, 0.29) is 17.4 Å². The molecule has 0 bridgehead atoms. The first kappa shape index (κ1) is 13.7. The summed E-state index contributed by atoms with van der Waals surface area (Å²) < 4.78 is 5.33. The Bertz CT molecular complexity index is 313. The van der Waals surface area contributed by atoms with E-state index in [4.69, 9.17) is 9.84 Å². The molecule has 1 heterocycles. The van der Waals surface area contributed by atoms with Gasteiger partial charge in [-0.25, -0.2) is 0 Å². The number of carbonyl (C=O) groups excluding carboxylic acids is 1. The van der Waals surface area contributed by atoms with Gasteiger partial charge in [0.15, 0.2) is 0 Å². The van der Waals surface area contributed by atoms with Crippen molar-refractivity contribution in [2.75, 3.05) is 31.3 Å². The van der Waals surface area contributed by atoms with Gasteiger partial charge in [0.1, 0.15) is 0 Å². The van der Waals surface area contributed by atoms with Gasteiger partial charge in [0.25, 0.3) is 0 Å². The standard InChI is InChI=1S/C12H19NO4S/c14-11(7-18-8-12(15)16)13(10-1-2-10)5-9-3-4-17-6-9/h9-10H,1-8H2,(H,15,16). The molecule has 1 atom stereocenters. The normalized spacial score (nSPS) is 23.0. The first-order chi connectivity index (χ1) is 8.66. The number of amides is 1. The number of nitrogens with zero attached hydrogens (tertiary/aromatic N) is 1. The van der Waals surface area contributed by atoms with Crippen LogP contribution in [0.25, 0.3) is 0 Å². The SMILES string of the molecule is O=C(O)CSCC(=O)N(CC1CCOC1)C1CC1. The van der Waals surface area contributed by atoms with Crippen molar-refractivity contribution in [2.24, 2.45) is 5.92 Å². The predicted octanol–water partition coefficient (Wildman–Crippen LogP) is 0.832. The monoisotopic (exact) mass is 273 g/mol. The van der Waals surface area contributed by atoms with Gasteiger partial charge in [0.2, 0.25) is 5.91 Å². The van der Waals surface area contributed by atoms with Gasteiger partial charge >= 0.3 is 5.97 Å². The molecule has 6 heteroatoms. The van der Waals surface area contributed by atoms with Crippen LogP contribution in [0.15, 0.2) is 0 Å². The summed E-state index contributed by atoms with van der Waals surface area (Å²) in [4.78, 5) is 24.4. The van der Waals surface area contributed by atoms with Crippen LogP contribution in [0.5, 0.6) is 0 Å². The minimum absolute atomic E-state index is 0.00319. The maximum absolute atomic E-state index is 12.1. The number of carbonyl (C=O) groups is 2. The van der Waals surface area contributed by atoms with Crippen LogP contribution in [-0.4, -0.2) is 59.2 Å². The first-order valence-corrected chi connectivity index (χ1v) is 7.49. The summed E-state index contributed by atoms with van der Waals surface area (Å²) in [5, 5.41) is 8.55. The fraction of sp³-hybridized carbons (Fsp3) is 0.833. The Balaban J connectivity index is 1.77. The molecule has 1 saturated carbocycles. The van der Waals surface area contributed by atoms with Gasteiger partial charge in [-0.05, 0) is 19.3 Å². The van der Waals surface area contributed by atoms with E-state index in [1.54, 1.807) is 0 Å². The molecule has 102 valence electrons. The van der Waals surface area contributed by atoms with Crippen LogP contribution in [-0.2, 0) is 14.3 Å². The number of thioether (sulfide) groups is 1. The minimum Gasteiger partial charge on any atom is -0.481 e. The molecule has 0 aromatic carbocycles. The molecule has 0 spiro atoms. The smallest absolute Gasteiger partial charge is 0.313 e. The Morgan fingerprint density at radius 2 is 2.06 bits per heavy atom. The van der Waals surface area contributed by atoms with Crippen molar-refractivity contribution < 1.29 is 19.4 Å². The van der Waals surface area contributed by atoms with Gasteiger partial charge in [0, 0.05) is 25.1 Å². The molecular formula is C12H19NO4S. The number of carboxylic acid groups (broad SMARTS) is 1. The van der Waals surface area contributed by atoms with Gasteiger partial charge in [-0.2, -0.15) is 0 Å². The second-order valence-electron chi connectivity index (χ2n) is 4.89. The Morgan fingerprint density at radius 3 is 2.61 bits per heavy atom. The molecule has 0 radical (unpaired) electrons. The van der Waals surface area contributed by atoms with Crippen LogP contribution < -0.4 is 0 Å². The topological polar surface area (TPSA) is 66.8 Å². The lowest BCUT2D eigenvalue weighted by atomic mass is 10.1. The predicted molar refractivity (Wildman–Crippen MR) is 68.6 cm³/mol. The molecule has 1 N–H and O–H groups in total. The summed E-state index contributed by atoms with van der Waals surface area (Å²) in [5.41, 5.74) is 0. The van der Waals surface area contributed by atoms with E-state index in [0.29, 0.717) is 12.0 Å². The summed E-state index contributed by atoms with van der Waals surface area (Å²) in [6.45, 7) is 2.32. The zero-order valence-electron chi connectivity index (χ0n) is 10.3. The number of carboxylic acids is 1. The Kier molecular flexibility index (Phi) is 4.88. The quantitative estimate of drug-likeness (QED) is 0.744. The van der Waals surface area contributed by atoms with Crippen molar-refractivity contribution in [3.8, 4) is 0 Å². The summed E-state index contributed by atoms with van der Waals surface area (Å²) in [6.07, 6.45) is 3.20. The molecule has 5 nitrogen and oxygen atoms in total. The molecule has 1 aliphatic heterocycles. The molecule has 2 fully saturated rings. The molecule has 2 rings (SSSR count). The van der Waals surface area contributed by atoms with Crippen molar-refractivity contribution in [3.05, 3.63) is 0 Å². The maximum atomic E-state index is 12.1. The number of hydrogen-bond acceptors (Lipinski definition) is 4. The third kappa shape index (κ3) is 4.17. The van der Waals surface area contributed by atoms with E-state index in [9.17, 15) is 9.59 Å². The largest absolute Gasteiger partial charge is 0.481 e. The lowest BCUT2D eigenvalue weighted by Gasteiger charge is -2.25. The Morgan fingerprint density at radius 1 is 1.28 bits per heavy atom. The molecule has 1 aliphatic carbocycles. The minimum atomic E-state index is -0.866. The summed E-state index contributed by atoms with van der Waals surface area (Å²) in [6, 6.07) is 0.392. The van der Waals surface area contributed by atoms with Crippen LogP contribution in [0.4, 0.5) is 0 Å². The number of hydrogen-bond donors (Lipinski definition) is 1. The van der Waals surface area contributed by atoms with Crippen molar-refractivity contribution in [1.82, 2.24) is 4.90 Å². The van der Waals surface area contributed by atoms with Crippen LogP contribution in [0.1, 0.15) is 19.3 Å². The van der Waals surface area contributed by atoms with Crippen LogP contribution in [0.3, 0.4) is 0 Å². The van der Waals surface area contributed by atoms with Gasteiger partial charge in [-0.3, -0.25) is 9.59 Å². The van der Waals surface area contributed by atoms with Gasteiger partial charge < -0.3 is 14.7 Å². The van der Waals surface area contributed by atoms with E-state index in [2.05, 4.69) is 0 Å². The molecule has 18 heavy (non-hydrogen) atoms. The van der Waals surface area contributed by atoms with Crippen molar-refractivity contribution >= 4 is 23.6 Å². The van der Waals surface area contributed by atoms with E-state index in [1.165, 1.54) is 11.8 Å². The molecule has 1 unspecified atom stereocenters. The number of aliphatic carboxylic acids is 1. The van der Waals surface area contributed by atoms with Crippen molar-refractivity contribution in [3.63, 3.8) is 0 Å². The van der Waals surface area contributed by atoms with E-state index in [0.717, 1.165) is 39.0 Å². The molecule has 1 amide bonds. The molecule has 1 saturated heterocycles. The molecule has 0 aromatic heterocycles. The summed E-state index contributed by atoms with van der Waals surface area (Å²) in [7, 11) is 0. The number of rotatable bonds is 7. The highest BCUT2D eigenvalue weighted by atomic mass is 32.2. The average molecular weight is 273 g/mol. The first-order valence-electron chi connectivity index (χ1n) is 6.33. The zero-order valence-corrected chi connectivity index (χ0v) is 11.2. The number of ether oxygens (including phenoxy) is 1. The van der Waals surface area contributed by atoms with Gasteiger partial charge in [-0.1, -0.05) is 0 Å². The van der Waals surface area contributed by atoms with E-state index < -0.39 is 5.97 Å². The average Bonchev–Trinajstić information content (AvgIpc) is 3.02. The molecule has 0 aromatic rings. The second kappa shape index (κ2) is 6.43. The van der Waals surface area contributed by atoms with E-state index >= 15 is 0 Å². The van der Waals surface area contributed by atoms with E-state index in [1.807, 2.05) is 4.90 Å². The second-order valence-corrected chi connectivity index (χ2v) is 5.88. The highest BCUT2D eigenvalue weighted by Crippen LogP contribution is 2.29. The van der Waals surface area contributed by atoms with Crippen LogP contribution >= 0.6 is 11.8 Å². The highest BCUT2D eigenvalue weighted by Gasteiger charge is 2.34. The fourth-order valence-corrected chi connectivity index (χ4v) is 2.77. The zero-order chi connectivity index (χ0) is 13.0. The Labute approximate surface area is 111 Å². The van der Waals surface area contributed by atoms with Crippen molar-refractivity contribution in [1.29, 1.82) is 0 Å². The third-order valence-electron chi connectivity index (χ3n) is 3.24. The van der Waals surface area contributed by atoms with Gasteiger partial charge in [0.05, 0.1) is 18.1 Å². The summed E-state index contributed by atoms with van der Waals surface area (Å²) >= 11 is 1.18. The molecular weight excluding hydrogens is 254 g/mol. The third-order valence-corrected chi connectivity index (χ3v) is 4.14. The lowest BCUT2D eigenvalue weighted by molar-refractivity contribution is -0.133. The lowest BCUT2D eigenvalue weighted by Crippen LogP contribution is -2.38. The maximum Gasteiger partial charge on any atom is 0.313 e. The molecule has 2 aliphatic rings. The van der Waals surface area contributed by atoms with Crippen LogP contribution in [0.2, 0.25) is 0 Å². The van der Waals surface area contributed by atoms with Crippen LogP contribution in [0, 0.1) is 5.92 Å². The Hall–Kier alpha value is -0.750. The fourth-order valence-electron chi connectivity index (χ4n) is 2.15. The highest BCUT2D eigenvalue weighted by molar-refractivity contribution is 8.00. The van der Waals surface area contributed by atoms with Gasteiger partial charge in [-0.15, -0.1) is 11.8 Å². The summed E-state index contributed by atoms with van der Waals surface area (Å²) in [5.74, 6) is -0.0580. The van der Waals surface area contributed by atoms with Crippen molar-refractivity contribution in [2.45, 2.75) is 25.3 Å².